The zero-order valence-corrected chi connectivity index (χ0v) is 28.4. The second-order valence-corrected chi connectivity index (χ2v) is 13.4. The van der Waals surface area contributed by atoms with E-state index in [1.165, 1.54) is 0 Å². The molecule has 6 rings (SSSR count). The molecule has 12 heteroatoms. The molecule has 11 nitrogen and oxygen atoms in total. The number of pyridine rings is 1. The van der Waals surface area contributed by atoms with Crippen molar-refractivity contribution in [1.82, 2.24) is 35.6 Å². The molecular formula is C37H44FN7O4. The van der Waals surface area contributed by atoms with Crippen LogP contribution in [0.25, 0.3) is 11.1 Å². The van der Waals surface area contributed by atoms with Crippen LogP contribution in [0.2, 0.25) is 0 Å². The molecule has 4 aromatic rings. The van der Waals surface area contributed by atoms with Crippen LogP contribution >= 0.6 is 0 Å². The summed E-state index contributed by atoms with van der Waals surface area (Å²) in [5.74, 6) is -0.720. The van der Waals surface area contributed by atoms with Crippen LogP contribution in [-0.2, 0) is 13.6 Å². The van der Waals surface area contributed by atoms with Crippen molar-refractivity contribution in [3.05, 3.63) is 89.1 Å². The Morgan fingerprint density at radius 2 is 1.63 bits per heavy atom. The Morgan fingerprint density at radius 1 is 0.959 bits per heavy atom. The van der Waals surface area contributed by atoms with Crippen molar-refractivity contribution in [1.29, 1.82) is 0 Å². The summed E-state index contributed by atoms with van der Waals surface area (Å²) in [6.45, 7) is 8.71. The van der Waals surface area contributed by atoms with Crippen LogP contribution in [0.15, 0.2) is 60.8 Å². The third-order valence-electron chi connectivity index (χ3n) is 9.30. The van der Waals surface area contributed by atoms with Crippen molar-refractivity contribution >= 4 is 11.8 Å². The van der Waals surface area contributed by atoms with E-state index in [1.807, 2.05) is 31.2 Å². The fourth-order valence-corrected chi connectivity index (χ4v) is 6.79. The van der Waals surface area contributed by atoms with E-state index in [-0.39, 0.29) is 35.2 Å². The summed E-state index contributed by atoms with van der Waals surface area (Å²) in [5.41, 5.74) is 3.75. The van der Waals surface area contributed by atoms with Gasteiger partial charge in [0.15, 0.2) is 0 Å². The Labute approximate surface area is 285 Å². The van der Waals surface area contributed by atoms with Gasteiger partial charge >= 0.3 is 0 Å². The Balaban J connectivity index is 1.08. The van der Waals surface area contributed by atoms with E-state index < -0.39 is 11.7 Å². The van der Waals surface area contributed by atoms with Crippen LogP contribution in [0, 0.1) is 12.7 Å². The number of carbonyl (C=O) groups is 2. The topological polar surface area (TPSA) is 134 Å². The van der Waals surface area contributed by atoms with Crippen molar-refractivity contribution in [2.75, 3.05) is 13.1 Å². The monoisotopic (exact) mass is 669 g/mol. The molecule has 258 valence electrons. The number of phenols is 1. The largest absolute Gasteiger partial charge is 0.508 e. The molecule has 3 heterocycles. The number of hydrogen-bond acceptors (Lipinski definition) is 8. The number of nitrogens with zero attached hydrogens (tertiary/aromatic N) is 4. The number of rotatable bonds is 9. The van der Waals surface area contributed by atoms with Crippen LogP contribution in [0.3, 0.4) is 0 Å². The maximum absolute atomic E-state index is 14.3. The lowest BCUT2D eigenvalue weighted by atomic mass is 9.91. The summed E-state index contributed by atoms with van der Waals surface area (Å²) in [6, 6.07) is 16.4. The summed E-state index contributed by atoms with van der Waals surface area (Å²) < 4.78 is 22.1. The van der Waals surface area contributed by atoms with Gasteiger partial charge in [-0.2, -0.15) is 5.10 Å². The molecule has 1 saturated carbocycles. The number of aromatic hydroxyl groups is 1. The molecule has 0 bridgehead atoms. The van der Waals surface area contributed by atoms with E-state index in [2.05, 4.69) is 44.8 Å². The van der Waals surface area contributed by atoms with Crippen LogP contribution in [0.4, 0.5) is 4.39 Å². The Morgan fingerprint density at radius 3 is 2.29 bits per heavy atom. The number of carbonyl (C=O) groups excluding carboxylic acids is 2. The number of nitrogens with one attached hydrogen (secondary N) is 3. The third-order valence-corrected chi connectivity index (χ3v) is 9.30. The average Bonchev–Trinajstić information content (AvgIpc) is 3.41. The van der Waals surface area contributed by atoms with Gasteiger partial charge in [0.2, 0.25) is 5.88 Å². The molecular weight excluding hydrogens is 625 g/mol. The van der Waals surface area contributed by atoms with Crippen molar-refractivity contribution in [3.63, 3.8) is 0 Å². The minimum atomic E-state index is -0.650. The molecule has 2 aromatic heterocycles. The van der Waals surface area contributed by atoms with Gasteiger partial charge in [-0.3, -0.25) is 19.2 Å². The fourth-order valence-electron chi connectivity index (χ4n) is 6.79. The van der Waals surface area contributed by atoms with Crippen molar-refractivity contribution in [3.8, 4) is 28.5 Å². The van der Waals surface area contributed by atoms with E-state index in [9.17, 15) is 19.1 Å². The molecule has 2 aromatic carbocycles. The van der Waals surface area contributed by atoms with Gasteiger partial charge in [0.05, 0.1) is 6.20 Å². The number of ether oxygens (including phenoxy) is 1. The zero-order valence-electron chi connectivity index (χ0n) is 28.4. The number of piperazine rings is 1. The number of halogens is 1. The third kappa shape index (κ3) is 8.44. The number of amides is 2. The second kappa shape index (κ2) is 14.8. The molecule has 2 amide bonds. The lowest BCUT2D eigenvalue weighted by molar-refractivity contribution is 0.0887. The van der Waals surface area contributed by atoms with Crippen LogP contribution < -0.4 is 20.7 Å². The Hall–Kier alpha value is -4.81. The molecule has 2 atom stereocenters. The van der Waals surface area contributed by atoms with Crippen molar-refractivity contribution < 1.29 is 23.8 Å². The molecule has 0 unspecified atom stereocenters. The fraction of sp³-hybridized carbons (Fsp3) is 0.405. The van der Waals surface area contributed by atoms with Gasteiger partial charge in [0.25, 0.3) is 11.8 Å². The number of benzene rings is 2. The molecule has 49 heavy (non-hydrogen) atoms. The second-order valence-electron chi connectivity index (χ2n) is 13.4. The lowest BCUT2D eigenvalue weighted by Gasteiger charge is -2.36. The summed E-state index contributed by atoms with van der Waals surface area (Å²) in [6.07, 6.45) is 3.69. The number of hydrogen-bond donors (Lipinski definition) is 4. The average molecular weight is 670 g/mol. The predicted molar refractivity (Wildman–Crippen MR) is 184 cm³/mol. The smallest absolute Gasteiger partial charge is 0.272 e. The quantitative estimate of drug-likeness (QED) is 0.194. The highest BCUT2D eigenvalue weighted by Gasteiger charge is 2.27. The molecule has 2 fully saturated rings. The number of aryl methyl sites for hydroxylation is 2. The lowest BCUT2D eigenvalue weighted by Crippen LogP contribution is -2.53. The first-order valence-electron chi connectivity index (χ1n) is 16.9. The Bertz CT molecular complexity index is 1790. The van der Waals surface area contributed by atoms with Crippen molar-refractivity contribution in [2.24, 2.45) is 7.05 Å². The summed E-state index contributed by atoms with van der Waals surface area (Å²) >= 11 is 0. The zero-order chi connectivity index (χ0) is 34.7. The van der Waals surface area contributed by atoms with Gasteiger partial charge in [-0.25, -0.2) is 9.37 Å². The summed E-state index contributed by atoms with van der Waals surface area (Å²) in [7, 11) is 1.80. The molecule has 0 spiro atoms. The summed E-state index contributed by atoms with van der Waals surface area (Å²) in [4.78, 5) is 32.5. The first kappa shape index (κ1) is 34.1. The summed E-state index contributed by atoms with van der Waals surface area (Å²) in [5, 5.41) is 24.7. The molecule has 2 aliphatic rings. The first-order chi connectivity index (χ1) is 23.5. The van der Waals surface area contributed by atoms with Gasteiger partial charge in [0, 0.05) is 62.1 Å². The van der Waals surface area contributed by atoms with E-state index in [0.29, 0.717) is 55.8 Å². The van der Waals surface area contributed by atoms with Gasteiger partial charge in [-0.15, -0.1) is 0 Å². The minimum absolute atomic E-state index is 0.00935. The van der Waals surface area contributed by atoms with E-state index in [4.69, 9.17) is 4.74 Å². The van der Waals surface area contributed by atoms with Crippen molar-refractivity contribution in [2.45, 2.75) is 77.2 Å². The molecule has 4 N–H and O–H groups in total. The normalized spacial score (nSPS) is 21.2. The molecule has 0 radical (unpaired) electrons. The molecule has 1 saturated heterocycles. The highest BCUT2D eigenvalue weighted by molar-refractivity contribution is 5.96. The SMILES string of the molecule is Cc1cc(C(=O)NC2CCC(NC(=O)c3cc(F)cnc3Oc3cccc(-c4ccc(CN5C[C@@H](C)N[C@@H](C)C5)c(O)c4)c3)CC2)nn1C. The van der Waals surface area contributed by atoms with E-state index in [0.717, 1.165) is 47.7 Å². The maximum atomic E-state index is 14.3. The van der Waals surface area contributed by atoms with Crippen LogP contribution in [-0.4, -0.2) is 73.8 Å². The minimum Gasteiger partial charge on any atom is -0.508 e. The standard InChI is InChI=1S/C37H44FN7O4/c1-22-19-45(20-23(2)40-22)21-27-9-8-26(16-34(27)46)25-6-5-7-31(15-25)49-37-32(17-28(38)18-39-37)35(47)41-29-10-12-30(13-11-29)42-36(48)33-14-24(3)44(4)43-33/h5-9,14-18,22-23,29-30,40,46H,10-13,19-21H2,1-4H3,(H,41,47)(H,42,48)/t22-,23+,29?,30?. The maximum Gasteiger partial charge on any atom is 0.272 e. The highest BCUT2D eigenvalue weighted by Crippen LogP contribution is 2.32. The van der Waals surface area contributed by atoms with E-state index in [1.54, 1.807) is 36.0 Å². The van der Waals surface area contributed by atoms with Gasteiger partial charge < -0.3 is 25.8 Å². The highest BCUT2D eigenvalue weighted by atomic mass is 19.1. The first-order valence-corrected chi connectivity index (χ1v) is 16.9. The predicted octanol–water partition coefficient (Wildman–Crippen LogP) is 5.08. The van der Waals surface area contributed by atoms with Gasteiger partial charge in [-0.1, -0.05) is 24.3 Å². The van der Waals surface area contributed by atoms with Gasteiger partial charge in [-0.05, 0) is 87.9 Å². The van der Waals surface area contributed by atoms with E-state index >= 15 is 0 Å². The van der Waals surface area contributed by atoms with Crippen LogP contribution in [0.5, 0.6) is 17.4 Å². The molecule has 1 aliphatic carbocycles. The van der Waals surface area contributed by atoms with Crippen LogP contribution in [0.1, 0.15) is 71.6 Å². The Kier molecular flexibility index (Phi) is 10.3. The number of phenolic OH excluding ortho intramolecular Hbond substituents is 1. The number of aromatic nitrogens is 3. The van der Waals surface area contributed by atoms with Gasteiger partial charge in [0.1, 0.15) is 28.6 Å². The molecule has 1 aliphatic heterocycles.